The van der Waals surface area contributed by atoms with Crippen LogP contribution < -0.4 is 5.73 Å². The number of hydrogen-bond acceptors (Lipinski definition) is 3. The van der Waals surface area contributed by atoms with Gasteiger partial charge in [-0.05, 0) is 18.6 Å². The predicted octanol–water partition coefficient (Wildman–Crippen LogP) is 1.66. The summed E-state index contributed by atoms with van der Waals surface area (Å²) in [6, 6.07) is 3.24. The third-order valence-electron chi connectivity index (χ3n) is 1.87. The minimum atomic E-state index is -2.65. The molecule has 0 aliphatic rings. The van der Waals surface area contributed by atoms with Gasteiger partial charge in [-0.2, -0.15) is 5.26 Å². The van der Waals surface area contributed by atoms with Crippen LogP contribution in [0, 0.1) is 18.3 Å². The van der Waals surface area contributed by atoms with Gasteiger partial charge < -0.3 is 5.73 Å². The highest BCUT2D eigenvalue weighted by Crippen LogP contribution is 2.22. The van der Waals surface area contributed by atoms with Gasteiger partial charge in [0.2, 0.25) is 0 Å². The van der Waals surface area contributed by atoms with Crippen LogP contribution in [0.1, 0.15) is 28.9 Å². The maximum Gasteiger partial charge on any atom is 0.280 e. The van der Waals surface area contributed by atoms with Crippen molar-refractivity contribution in [1.29, 1.82) is 5.26 Å². The van der Waals surface area contributed by atoms with Gasteiger partial charge in [0.25, 0.3) is 6.43 Å². The molecule has 14 heavy (non-hydrogen) atoms. The van der Waals surface area contributed by atoms with E-state index in [1.165, 1.54) is 13.0 Å². The molecule has 0 fully saturated rings. The molecule has 1 rings (SSSR count). The van der Waals surface area contributed by atoms with E-state index in [9.17, 15) is 8.78 Å². The van der Waals surface area contributed by atoms with Gasteiger partial charge in [-0.1, -0.05) is 0 Å². The summed E-state index contributed by atoms with van der Waals surface area (Å²) in [6.45, 7) is 1.48. The molecule has 5 heteroatoms. The van der Waals surface area contributed by atoms with Crippen molar-refractivity contribution in [3.8, 4) is 6.07 Å². The lowest BCUT2D eigenvalue weighted by Gasteiger charge is -2.07. The van der Waals surface area contributed by atoms with Crippen molar-refractivity contribution in [2.45, 2.75) is 19.9 Å². The number of halogens is 2. The van der Waals surface area contributed by atoms with Crippen LogP contribution in [0.2, 0.25) is 0 Å². The number of hydrogen-bond donors (Lipinski definition) is 1. The van der Waals surface area contributed by atoms with Crippen LogP contribution in [0.25, 0.3) is 0 Å². The second kappa shape index (κ2) is 4.11. The van der Waals surface area contributed by atoms with Crippen molar-refractivity contribution in [3.63, 3.8) is 0 Å². The van der Waals surface area contributed by atoms with Gasteiger partial charge in [0, 0.05) is 6.54 Å². The van der Waals surface area contributed by atoms with E-state index in [0.29, 0.717) is 5.69 Å². The minimum absolute atomic E-state index is 0.0400. The fourth-order valence-corrected chi connectivity index (χ4v) is 1.13. The zero-order valence-corrected chi connectivity index (χ0v) is 7.59. The van der Waals surface area contributed by atoms with E-state index in [0.717, 1.165) is 0 Å². The van der Waals surface area contributed by atoms with Crippen molar-refractivity contribution in [1.82, 2.24) is 4.98 Å². The molecule has 3 nitrogen and oxygen atoms in total. The summed E-state index contributed by atoms with van der Waals surface area (Å²) in [5, 5.41) is 8.65. The summed E-state index contributed by atoms with van der Waals surface area (Å²) >= 11 is 0. The lowest BCUT2D eigenvalue weighted by molar-refractivity contribution is 0.144. The normalized spacial score (nSPS) is 10.3. The highest BCUT2D eigenvalue weighted by molar-refractivity contribution is 5.38. The lowest BCUT2D eigenvalue weighted by Crippen LogP contribution is -2.07. The van der Waals surface area contributed by atoms with Crippen molar-refractivity contribution in [2.24, 2.45) is 5.73 Å². The molecule has 1 aromatic rings. The average Bonchev–Trinajstić information content (AvgIpc) is 2.17. The lowest BCUT2D eigenvalue weighted by atomic mass is 10.1. The molecule has 74 valence electrons. The zero-order valence-electron chi connectivity index (χ0n) is 7.59. The molecule has 0 saturated carbocycles. The fourth-order valence-electron chi connectivity index (χ4n) is 1.13. The smallest absolute Gasteiger partial charge is 0.280 e. The molecule has 0 saturated heterocycles. The van der Waals surface area contributed by atoms with Crippen LogP contribution in [0.3, 0.4) is 0 Å². The van der Waals surface area contributed by atoms with Crippen molar-refractivity contribution in [3.05, 3.63) is 28.6 Å². The monoisotopic (exact) mass is 197 g/mol. The summed E-state index contributed by atoms with van der Waals surface area (Å²) in [5.74, 6) is 0. The topological polar surface area (TPSA) is 62.7 Å². The molecule has 0 aliphatic carbocycles. The van der Waals surface area contributed by atoms with Crippen molar-refractivity contribution in [2.75, 3.05) is 0 Å². The van der Waals surface area contributed by atoms with E-state index >= 15 is 0 Å². The predicted molar refractivity (Wildman–Crippen MR) is 46.5 cm³/mol. The molecular weight excluding hydrogens is 188 g/mol. The van der Waals surface area contributed by atoms with Gasteiger partial charge >= 0.3 is 0 Å². The van der Waals surface area contributed by atoms with Crippen LogP contribution in [0.5, 0.6) is 0 Å². The Morgan fingerprint density at radius 3 is 2.71 bits per heavy atom. The summed E-state index contributed by atoms with van der Waals surface area (Å²) in [6.07, 6.45) is -2.65. The van der Waals surface area contributed by atoms with Gasteiger partial charge in [-0.15, -0.1) is 0 Å². The number of nitriles is 1. The number of pyridine rings is 1. The molecule has 0 atom stereocenters. The van der Waals surface area contributed by atoms with Crippen LogP contribution in [0.4, 0.5) is 8.78 Å². The van der Waals surface area contributed by atoms with E-state index in [-0.39, 0.29) is 23.4 Å². The fraction of sp³-hybridized carbons (Fsp3) is 0.333. The SMILES string of the molecule is Cc1nc(C(F)F)c(CN)cc1C#N. The Morgan fingerprint density at radius 1 is 1.64 bits per heavy atom. The Labute approximate surface area is 80.2 Å². The van der Waals surface area contributed by atoms with E-state index < -0.39 is 6.43 Å². The second-order valence-corrected chi connectivity index (χ2v) is 2.78. The third-order valence-corrected chi connectivity index (χ3v) is 1.87. The first-order valence-corrected chi connectivity index (χ1v) is 3.99. The first kappa shape index (κ1) is 10.5. The third kappa shape index (κ3) is 1.86. The van der Waals surface area contributed by atoms with Crippen LogP contribution in [0.15, 0.2) is 6.07 Å². The highest BCUT2D eigenvalue weighted by Gasteiger charge is 2.16. The standard InChI is InChI=1S/C9H9F2N3/c1-5-6(3-12)2-7(4-13)8(14-5)9(10)11/h2,9H,4,13H2,1H3. The second-order valence-electron chi connectivity index (χ2n) is 2.78. The quantitative estimate of drug-likeness (QED) is 0.784. The zero-order chi connectivity index (χ0) is 10.7. The Bertz CT molecular complexity index is 382. The molecule has 0 radical (unpaired) electrons. The Hall–Kier alpha value is -1.54. The summed E-state index contributed by atoms with van der Waals surface area (Å²) in [7, 11) is 0. The van der Waals surface area contributed by atoms with E-state index in [1.807, 2.05) is 6.07 Å². The molecule has 0 unspecified atom stereocenters. The van der Waals surface area contributed by atoms with Gasteiger partial charge in [0.05, 0.1) is 11.3 Å². The number of aryl methyl sites for hydroxylation is 1. The highest BCUT2D eigenvalue weighted by atomic mass is 19.3. The number of nitrogens with zero attached hydrogens (tertiary/aromatic N) is 2. The van der Waals surface area contributed by atoms with Crippen LogP contribution in [-0.4, -0.2) is 4.98 Å². The Morgan fingerprint density at radius 2 is 2.29 bits per heavy atom. The Kier molecular flexibility index (Phi) is 3.10. The summed E-state index contributed by atoms with van der Waals surface area (Å²) < 4.78 is 24.9. The molecule has 1 heterocycles. The van der Waals surface area contributed by atoms with Gasteiger partial charge in [-0.3, -0.25) is 4.98 Å². The average molecular weight is 197 g/mol. The molecule has 0 bridgehead atoms. The van der Waals surface area contributed by atoms with Crippen molar-refractivity contribution < 1.29 is 8.78 Å². The molecule has 2 N–H and O–H groups in total. The van der Waals surface area contributed by atoms with E-state index in [2.05, 4.69) is 4.98 Å². The minimum Gasteiger partial charge on any atom is -0.326 e. The maximum absolute atomic E-state index is 12.4. The van der Waals surface area contributed by atoms with E-state index in [4.69, 9.17) is 11.0 Å². The number of alkyl halides is 2. The van der Waals surface area contributed by atoms with Gasteiger partial charge in [0.15, 0.2) is 0 Å². The molecule has 0 aromatic carbocycles. The largest absolute Gasteiger partial charge is 0.326 e. The first-order valence-electron chi connectivity index (χ1n) is 3.99. The van der Waals surface area contributed by atoms with Gasteiger partial charge in [0.1, 0.15) is 11.8 Å². The Balaban J connectivity index is 3.33. The van der Waals surface area contributed by atoms with Crippen LogP contribution >= 0.6 is 0 Å². The van der Waals surface area contributed by atoms with Gasteiger partial charge in [-0.25, -0.2) is 8.78 Å². The number of nitrogens with two attached hydrogens (primary N) is 1. The first-order chi connectivity index (χ1) is 6.60. The van der Waals surface area contributed by atoms with Crippen molar-refractivity contribution >= 4 is 0 Å². The molecule has 0 aliphatic heterocycles. The molecule has 0 spiro atoms. The summed E-state index contributed by atoms with van der Waals surface area (Å²) in [5.41, 5.74) is 5.77. The molecule has 1 aromatic heterocycles. The number of aromatic nitrogens is 1. The summed E-state index contributed by atoms with van der Waals surface area (Å²) in [4.78, 5) is 3.66. The molecule has 0 amide bonds. The number of rotatable bonds is 2. The van der Waals surface area contributed by atoms with E-state index in [1.54, 1.807) is 0 Å². The molecular formula is C9H9F2N3. The maximum atomic E-state index is 12.4. The van der Waals surface area contributed by atoms with Crippen LogP contribution in [-0.2, 0) is 6.54 Å².